The average molecular weight is 231 g/mol. The van der Waals surface area contributed by atoms with E-state index in [-0.39, 0.29) is 0 Å². The molecule has 4 nitrogen and oxygen atoms in total. The summed E-state index contributed by atoms with van der Waals surface area (Å²) in [7, 11) is 1.61. The minimum atomic E-state index is -0.391. The van der Waals surface area contributed by atoms with E-state index < -0.39 is 5.97 Å². The third kappa shape index (κ3) is 2.53. The number of hydrogen-bond donors (Lipinski definition) is 0. The van der Waals surface area contributed by atoms with Gasteiger partial charge >= 0.3 is 5.97 Å². The van der Waals surface area contributed by atoms with Crippen molar-refractivity contribution in [1.82, 2.24) is 0 Å². The lowest BCUT2D eigenvalue weighted by molar-refractivity contribution is -0.130. The Bertz CT molecular complexity index is 486. The lowest BCUT2D eigenvalue weighted by Crippen LogP contribution is -2.02. The second kappa shape index (κ2) is 4.82. The molecule has 0 aromatic heterocycles. The van der Waals surface area contributed by atoms with Gasteiger partial charge in [0.2, 0.25) is 0 Å². The molecule has 1 aromatic carbocycles. The van der Waals surface area contributed by atoms with E-state index in [9.17, 15) is 4.79 Å². The van der Waals surface area contributed by atoms with Crippen molar-refractivity contribution in [2.24, 2.45) is 4.99 Å². The molecule has 2 rings (SSSR count). The van der Waals surface area contributed by atoms with Gasteiger partial charge in [-0.15, -0.1) is 0 Å². The summed E-state index contributed by atoms with van der Waals surface area (Å²) in [5.74, 6) is 0.853. The van der Waals surface area contributed by atoms with E-state index in [1.54, 1.807) is 13.2 Å². The maximum absolute atomic E-state index is 11.4. The summed E-state index contributed by atoms with van der Waals surface area (Å²) in [4.78, 5) is 15.5. The normalized spacial score (nSPS) is 16.9. The maximum Gasteiger partial charge on any atom is 0.363 e. The number of rotatable bonds is 3. The number of esters is 1. The van der Waals surface area contributed by atoms with E-state index in [2.05, 4.69) is 4.99 Å². The van der Waals surface area contributed by atoms with E-state index in [0.29, 0.717) is 18.0 Å². The molecule has 0 saturated carbocycles. The van der Waals surface area contributed by atoms with Gasteiger partial charge in [0.05, 0.1) is 7.11 Å². The molecule has 1 heterocycles. The molecule has 0 bridgehead atoms. The predicted molar refractivity (Wildman–Crippen MR) is 64.8 cm³/mol. The van der Waals surface area contributed by atoms with Gasteiger partial charge in [-0.2, -0.15) is 0 Å². The van der Waals surface area contributed by atoms with E-state index in [0.717, 1.165) is 11.3 Å². The average Bonchev–Trinajstić information content (AvgIpc) is 2.71. The zero-order valence-corrected chi connectivity index (χ0v) is 9.77. The Kier molecular flexibility index (Phi) is 3.23. The van der Waals surface area contributed by atoms with Crippen molar-refractivity contribution in [3.63, 3.8) is 0 Å². The molecule has 0 fully saturated rings. The smallest absolute Gasteiger partial charge is 0.363 e. The van der Waals surface area contributed by atoms with Gasteiger partial charge in [-0.3, -0.25) is 0 Å². The highest BCUT2D eigenvalue weighted by atomic mass is 16.6. The van der Waals surface area contributed by atoms with Crippen LogP contribution in [0.3, 0.4) is 0 Å². The van der Waals surface area contributed by atoms with Gasteiger partial charge in [0.1, 0.15) is 5.75 Å². The number of cyclic esters (lactones) is 1. The Hall–Kier alpha value is -2.10. The van der Waals surface area contributed by atoms with Crippen LogP contribution in [-0.2, 0) is 9.53 Å². The number of benzene rings is 1. The van der Waals surface area contributed by atoms with Crippen LogP contribution in [0.15, 0.2) is 35.0 Å². The summed E-state index contributed by atoms with van der Waals surface area (Å²) in [5.41, 5.74) is 1.23. The Morgan fingerprint density at radius 2 is 2.06 bits per heavy atom. The number of carbonyl (C=O) groups is 1. The van der Waals surface area contributed by atoms with Crippen molar-refractivity contribution in [2.45, 2.75) is 13.3 Å². The van der Waals surface area contributed by atoms with Crippen LogP contribution in [-0.4, -0.2) is 19.0 Å². The van der Waals surface area contributed by atoms with Gasteiger partial charge in [0.25, 0.3) is 0 Å². The summed E-state index contributed by atoms with van der Waals surface area (Å²) in [6.45, 7) is 1.89. The number of ether oxygens (including phenoxy) is 2. The van der Waals surface area contributed by atoms with E-state index in [1.807, 2.05) is 31.2 Å². The fourth-order valence-electron chi connectivity index (χ4n) is 1.46. The summed E-state index contributed by atoms with van der Waals surface area (Å²) < 4.78 is 10.0. The number of hydrogen-bond acceptors (Lipinski definition) is 4. The molecular weight excluding hydrogens is 218 g/mol. The molecule has 0 amide bonds. The minimum absolute atomic E-state index is 0.340. The second-order valence-electron chi connectivity index (χ2n) is 3.55. The van der Waals surface area contributed by atoms with Gasteiger partial charge < -0.3 is 9.47 Å². The van der Waals surface area contributed by atoms with E-state index in [4.69, 9.17) is 9.47 Å². The van der Waals surface area contributed by atoms with E-state index >= 15 is 0 Å². The predicted octanol–water partition coefficient (Wildman–Crippen LogP) is 2.40. The van der Waals surface area contributed by atoms with Crippen molar-refractivity contribution >= 4 is 17.9 Å². The Labute approximate surface area is 99.6 Å². The lowest BCUT2D eigenvalue weighted by atomic mass is 10.2. The molecule has 0 saturated heterocycles. The highest BCUT2D eigenvalue weighted by molar-refractivity contribution is 6.07. The first-order chi connectivity index (χ1) is 8.22. The third-order valence-electron chi connectivity index (χ3n) is 2.39. The molecule has 0 N–H and O–H groups in total. The highest BCUT2D eigenvalue weighted by Crippen LogP contribution is 2.18. The molecule has 1 aromatic rings. The van der Waals surface area contributed by atoms with Gasteiger partial charge in [-0.05, 0) is 23.8 Å². The van der Waals surface area contributed by atoms with Crippen LogP contribution in [0, 0.1) is 0 Å². The number of carbonyl (C=O) groups excluding carboxylic acids is 1. The first kappa shape index (κ1) is 11.4. The molecule has 0 spiro atoms. The summed E-state index contributed by atoms with van der Waals surface area (Å²) in [5, 5.41) is 0. The van der Waals surface area contributed by atoms with Crippen molar-refractivity contribution in [2.75, 3.05) is 7.11 Å². The first-order valence-corrected chi connectivity index (χ1v) is 5.38. The van der Waals surface area contributed by atoms with Crippen LogP contribution < -0.4 is 4.74 Å². The van der Waals surface area contributed by atoms with Gasteiger partial charge in [-0.25, -0.2) is 9.79 Å². The SMILES string of the molecule is CCC1=N/C(=C/c2ccc(OC)cc2)C(=O)O1. The first-order valence-electron chi connectivity index (χ1n) is 5.38. The zero-order chi connectivity index (χ0) is 12.3. The lowest BCUT2D eigenvalue weighted by Gasteiger charge is -1.99. The zero-order valence-electron chi connectivity index (χ0n) is 9.77. The van der Waals surface area contributed by atoms with Crippen LogP contribution in [0.5, 0.6) is 5.75 Å². The fourth-order valence-corrected chi connectivity index (χ4v) is 1.46. The van der Waals surface area contributed by atoms with Crippen LogP contribution in [0.4, 0.5) is 0 Å². The van der Waals surface area contributed by atoms with Crippen LogP contribution in [0.2, 0.25) is 0 Å². The Balaban J connectivity index is 2.23. The maximum atomic E-state index is 11.4. The van der Waals surface area contributed by atoms with Crippen LogP contribution in [0.1, 0.15) is 18.9 Å². The third-order valence-corrected chi connectivity index (χ3v) is 2.39. The largest absolute Gasteiger partial charge is 0.497 e. The Morgan fingerprint density at radius 3 is 2.59 bits per heavy atom. The Morgan fingerprint density at radius 1 is 1.35 bits per heavy atom. The van der Waals surface area contributed by atoms with Gasteiger partial charge in [-0.1, -0.05) is 19.1 Å². The van der Waals surface area contributed by atoms with Crippen LogP contribution >= 0.6 is 0 Å². The fraction of sp³-hybridized carbons (Fsp3) is 0.231. The number of aliphatic imine (C=N–C) groups is 1. The topological polar surface area (TPSA) is 47.9 Å². The molecule has 1 aliphatic rings. The molecule has 0 aliphatic carbocycles. The molecule has 1 aliphatic heterocycles. The van der Waals surface area contributed by atoms with Gasteiger partial charge in [0.15, 0.2) is 11.6 Å². The van der Waals surface area contributed by atoms with Crippen LogP contribution in [0.25, 0.3) is 6.08 Å². The van der Waals surface area contributed by atoms with E-state index in [1.165, 1.54) is 0 Å². The molecule has 88 valence electrons. The monoisotopic (exact) mass is 231 g/mol. The molecule has 0 radical (unpaired) electrons. The number of nitrogens with zero attached hydrogens (tertiary/aromatic N) is 1. The van der Waals surface area contributed by atoms with Crippen molar-refractivity contribution < 1.29 is 14.3 Å². The summed E-state index contributed by atoms with van der Waals surface area (Å²) in [6, 6.07) is 7.38. The molecule has 4 heteroatoms. The number of methoxy groups -OCH3 is 1. The van der Waals surface area contributed by atoms with Gasteiger partial charge in [0, 0.05) is 6.42 Å². The summed E-state index contributed by atoms with van der Waals surface area (Å²) in [6.07, 6.45) is 2.32. The standard InChI is InChI=1S/C13H13NO3/c1-3-12-14-11(13(15)17-12)8-9-4-6-10(16-2)7-5-9/h4-8H,3H2,1-2H3/b11-8+. The summed E-state index contributed by atoms with van der Waals surface area (Å²) >= 11 is 0. The minimum Gasteiger partial charge on any atom is -0.497 e. The quantitative estimate of drug-likeness (QED) is 0.592. The molecular formula is C13H13NO3. The van der Waals surface area contributed by atoms with Crippen molar-refractivity contribution in [3.8, 4) is 5.75 Å². The molecule has 17 heavy (non-hydrogen) atoms. The highest BCUT2D eigenvalue weighted by Gasteiger charge is 2.21. The van der Waals surface area contributed by atoms with Crippen molar-refractivity contribution in [1.29, 1.82) is 0 Å². The molecule has 0 unspecified atom stereocenters. The van der Waals surface area contributed by atoms with Crippen molar-refractivity contribution in [3.05, 3.63) is 35.5 Å². The molecule has 0 atom stereocenters. The second-order valence-corrected chi connectivity index (χ2v) is 3.55.